The summed E-state index contributed by atoms with van der Waals surface area (Å²) < 4.78 is 1.33. The molecule has 1 aromatic rings. The van der Waals surface area contributed by atoms with Crippen LogP contribution in [0.15, 0.2) is 16.9 Å². The Morgan fingerprint density at radius 1 is 1.43 bits per heavy atom. The lowest BCUT2D eigenvalue weighted by Crippen LogP contribution is -2.46. The topological polar surface area (TPSA) is 84.2 Å². The number of hydrogen-bond donors (Lipinski definition) is 2. The van der Waals surface area contributed by atoms with Gasteiger partial charge in [0.1, 0.15) is 5.69 Å². The quantitative estimate of drug-likeness (QED) is 0.757. The second kappa shape index (κ2) is 7.93. The molecule has 0 aliphatic carbocycles. The van der Waals surface area contributed by atoms with Gasteiger partial charge in [0.2, 0.25) is 0 Å². The summed E-state index contributed by atoms with van der Waals surface area (Å²) in [5, 5.41) is 16.1. The molecule has 6 nitrogen and oxygen atoms in total. The van der Waals surface area contributed by atoms with Crippen LogP contribution in [0.2, 0.25) is 0 Å². The first-order valence-electron chi connectivity index (χ1n) is 7.47. The number of aliphatic hydroxyl groups excluding tert-OH is 1. The number of hydrogen-bond acceptors (Lipinski definition) is 4. The van der Waals surface area contributed by atoms with Crippen LogP contribution in [-0.2, 0) is 6.54 Å². The largest absolute Gasteiger partial charge is 0.396 e. The van der Waals surface area contributed by atoms with E-state index in [9.17, 15) is 9.59 Å². The van der Waals surface area contributed by atoms with Crippen LogP contribution in [0.25, 0.3) is 0 Å². The SMILES string of the molecule is CCCCn1nc(C(=O)NC(C)(CC)CCO)ccc1=O. The van der Waals surface area contributed by atoms with Gasteiger partial charge in [0.05, 0.1) is 0 Å². The maximum Gasteiger partial charge on any atom is 0.272 e. The molecule has 6 heteroatoms. The average molecular weight is 295 g/mol. The van der Waals surface area contributed by atoms with E-state index in [1.54, 1.807) is 0 Å². The lowest BCUT2D eigenvalue weighted by molar-refractivity contribution is 0.0878. The highest BCUT2D eigenvalue weighted by Crippen LogP contribution is 2.14. The fraction of sp³-hybridized carbons (Fsp3) is 0.667. The van der Waals surface area contributed by atoms with Gasteiger partial charge < -0.3 is 10.4 Å². The summed E-state index contributed by atoms with van der Waals surface area (Å²) in [6.45, 7) is 6.38. The fourth-order valence-corrected chi connectivity index (χ4v) is 1.95. The molecule has 0 saturated heterocycles. The van der Waals surface area contributed by atoms with Gasteiger partial charge in [-0.3, -0.25) is 9.59 Å². The first-order chi connectivity index (χ1) is 9.95. The van der Waals surface area contributed by atoms with E-state index in [0.29, 0.717) is 19.4 Å². The zero-order valence-corrected chi connectivity index (χ0v) is 13.1. The Labute approximate surface area is 125 Å². The number of carbonyl (C=O) groups excluding carboxylic acids is 1. The van der Waals surface area contributed by atoms with Crippen molar-refractivity contribution in [2.75, 3.05) is 6.61 Å². The number of aryl methyl sites for hydroxylation is 1. The van der Waals surface area contributed by atoms with Gasteiger partial charge in [0.25, 0.3) is 11.5 Å². The van der Waals surface area contributed by atoms with E-state index < -0.39 is 5.54 Å². The Kier molecular flexibility index (Phi) is 6.55. The minimum Gasteiger partial charge on any atom is -0.396 e. The smallest absolute Gasteiger partial charge is 0.272 e. The highest BCUT2D eigenvalue weighted by Gasteiger charge is 2.25. The number of aliphatic hydroxyl groups is 1. The van der Waals surface area contributed by atoms with E-state index in [-0.39, 0.29) is 23.8 Å². The van der Waals surface area contributed by atoms with E-state index in [1.165, 1.54) is 16.8 Å². The van der Waals surface area contributed by atoms with Gasteiger partial charge in [0.15, 0.2) is 0 Å². The van der Waals surface area contributed by atoms with Gasteiger partial charge >= 0.3 is 0 Å². The van der Waals surface area contributed by atoms with Crippen LogP contribution in [0, 0.1) is 0 Å². The molecular formula is C15H25N3O3. The summed E-state index contributed by atoms with van der Waals surface area (Å²) in [7, 11) is 0. The van der Waals surface area contributed by atoms with Crippen LogP contribution in [0.5, 0.6) is 0 Å². The van der Waals surface area contributed by atoms with E-state index in [2.05, 4.69) is 10.4 Å². The third kappa shape index (κ3) is 4.97. The summed E-state index contributed by atoms with van der Waals surface area (Å²) in [6, 6.07) is 2.81. The zero-order valence-electron chi connectivity index (χ0n) is 13.1. The van der Waals surface area contributed by atoms with Crippen molar-refractivity contribution >= 4 is 5.91 Å². The normalized spacial score (nSPS) is 13.7. The van der Waals surface area contributed by atoms with Crippen LogP contribution < -0.4 is 10.9 Å². The minimum atomic E-state index is -0.474. The Hall–Kier alpha value is -1.69. The number of rotatable bonds is 8. The van der Waals surface area contributed by atoms with Crippen molar-refractivity contribution < 1.29 is 9.90 Å². The van der Waals surface area contributed by atoms with Gasteiger partial charge in [-0.25, -0.2) is 4.68 Å². The Bertz CT molecular complexity index is 527. The molecule has 21 heavy (non-hydrogen) atoms. The number of amides is 1. The van der Waals surface area contributed by atoms with E-state index in [1.807, 2.05) is 20.8 Å². The lowest BCUT2D eigenvalue weighted by atomic mass is 9.95. The van der Waals surface area contributed by atoms with Gasteiger partial charge in [-0.1, -0.05) is 20.3 Å². The van der Waals surface area contributed by atoms with Crippen LogP contribution in [0.3, 0.4) is 0 Å². The van der Waals surface area contributed by atoms with E-state index in [0.717, 1.165) is 12.8 Å². The summed E-state index contributed by atoms with van der Waals surface area (Å²) in [6.07, 6.45) is 2.98. The fourth-order valence-electron chi connectivity index (χ4n) is 1.95. The second-order valence-electron chi connectivity index (χ2n) is 5.48. The third-order valence-electron chi connectivity index (χ3n) is 3.68. The van der Waals surface area contributed by atoms with E-state index >= 15 is 0 Å². The Balaban J connectivity index is 2.89. The Morgan fingerprint density at radius 2 is 2.14 bits per heavy atom. The van der Waals surface area contributed by atoms with Crippen molar-refractivity contribution in [1.29, 1.82) is 0 Å². The highest BCUT2D eigenvalue weighted by molar-refractivity contribution is 5.92. The van der Waals surface area contributed by atoms with Gasteiger partial charge in [0, 0.05) is 24.8 Å². The molecule has 1 unspecified atom stereocenters. The van der Waals surface area contributed by atoms with Crippen molar-refractivity contribution in [2.45, 2.75) is 58.5 Å². The molecule has 1 amide bonds. The predicted molar refractivity (Wildman–Crippen MR) is 81.3 cm³/mol. The van der Waals surface area contributed by atoms with Gasteiger partial charge in [-0.2, -0.15) is 5.10 Å². The summed E-state index contributed by atoms with van der Waals surface area (Å²) >= 11 is 0. The van der Waals surface area contributed by atoms with Gasteiger partial charge in [-0.15, -0.1) is 0 Å². The zero-order chi connectivity index (χ0) is 15.9. The molecule has 2 N–H and O–H groups in total. The molecule has 0 aliphatic rings. The molecule has 0 aliphatic heterocycles. The molecule has 1 rings (SSSR count). The number of carbonyl (C=O) groups is 1. The number of aromatic nitrogens is 2. The summed E-state index contributed by atoms with van der Waals surface area (Å²) in [4.78, 5) is 23.9. The third-order valence-corrected chi connectivity index (χ3v) is 3.68. The lowest BCUT2D eigenvalue weighted by Gasteiger charge is -2.28. The van der Waals surface area contributed by atoms with Gasteiger partial charge in [-0.05, 0) is 32.3 Å². The monoisotopic (exact) mass is 295 g/mol. The molecule has 0 fully saturated rings. The summed E-state index contributed by atoms with van der Waals surface area (Å²) in [5.74, 6) is -0.321. The molecule has 0 aromatic carbocycles. The van der Waals surface area contributed by atoms with Crippen LogP contribution in [-0.4, -0.2) is 32.9 Å². The van der Waals surface area contributed by atoms with Crippen molar-refractivity contribution in [3.05, 3.63) is 28.2 Å². The molecule has 0 bridgehead atoms. The minimum absolute atomic E-state index is 0.00798. The van der Waals surface area contributed by atoms with Crippen LogP contribution in [0.4, 0.5) is 0 Å². The van der Waals surface area contributed by atoms with Crippen LogP contribution in [0.1, 0.15) is 56.9 Å². The molecule has 1 heterocycles. The van der Waals surface area contributed by atoms with Crippen molar-refractivity contribution in [3.8, 4) is 0 Å². The molecule has 118 valence electrons. The molecule has 0 saturated carbocycles. The molecular weight excluding hydrogens is 270 g/mol. The van der Waals surface area contributed by atoms with Crippen molar-refractivity contribution in [2.24, 2.45) is 0 Å². The number of nitrogens with one attached hydrogen (secondary N) is 1. The second-order valence-corrected chi connectivity index (χ2v) is 5.48. The maximum absolute atomic E-state index is 12.3. The van der Waals surface area contributed by atoms with E-state index in [4.69, 9.17) is 5.11 Å². The standard InChI is InChI=1S/C15H25N3O3/c1-4-6-10-18-13(20)8-7-12(17-18)14(21)16-15(3,5-2)9-11-19/h7-8,19H,4-6,9-11H2,1-3H3,(H,16,21). The number of nitrogens with zero attached hydrogens (tertiary/aromatic N) is 2. The van der Waals surface area contributed by atoms with Crippen molar-refractivity contribution in [1.82, 2.24) is 15.1 Å². The first kappa shape index (κ1) is 17.4. The highest BCUT2D eigenvalue weighted by atomic mass is 16.3. The first-order valence-corrected chi connectivity index (χ1v) is 7.47. The van der Waals surface area contributed by atoms with Crippen LogP contribution >= 0.6 is 0 Å². The average Bonchev–Trinajstić information content (AvgIpc) is 2.46. The summed E-state index contributed by atoms with van der Waals surface area (Å²) in [5.41, 5.74) is -0.449. The molecule has 0 radical (unpaired) electrons. The molecule has 1 atom stereocenters. The predicted octanol–water partition coefficient (Wildman–Crippen LogP) is 1.32. The molecule has 1 aromatic heterocycles. The molecule has 0 spiro atoms. The Morgan fingerprint density at radius 3 is 2.71 bits per heavy atom. The number of unbranched alkanes of at least 4 members (excludes halogenated alkanes) is 1. The maximum atomic E-state index is 12.3. The van der Waals surface area contributed by atoms with Crippen molar-refractivity contribution in [3.63, 3.8) is 0 Å².